The van der Waals surface area contributed by atoms with Crippen molar-refractivity contribution in [1.29, 1.82) is 0 Å². The summed E-state index contributed by atoms with van der Waals surface area (Å²) in [5.74, 6) is -0.300. The molecule has 0 radical (unpaired) electrons. The molecule has 0 aliphatic carbocycles. The molecule has 112 valence electrons. The first-order chi connectivity index (χ1) is 9.86. The highest BCUT2D eigenvalue weighted by Crippen LogP contribution is 2.33. The molecule has 1 N–H and O–H groups in total. The number of hydrogen-bond donors (Lipinski definition) is 1. The maximum atomic E-state index is 13.4. The summed E-state index contributed by atoms with van der Waals surface area (Å²) in [7, 11) is 0. The van der Waals surface area contributed by atoms with Gasteiger partial charge in [-0.1, -0.05) is 62.7 Å². The quantitative estimate of drug-likeness (QED) is 0.802. The van der Waals surface area contributed by atoms with Crippen molar-refractivity contribution in [3.63, 3.8) is 0 Å². The zero-order chi connectivity index (χ0) is 15.5. The van der Waals surface area contributed by atoms with Gasteiger partial charge >= 0.3 is 0 Å². The molecule has 0 spiro atoms. The Morgan fingerprint density at radius 1 is 1.10 bits per heavy atom. The molecule has 0 saturated heterocycles. The average Bonchev–Trinajstić information content (AvgIpc) is 2.37. The minimum absolute atomic E-state index is 0.0540. The van der Waals surface area contributed by atoms with Crippen molar-refractivity contribution >= 4 is 11.6 Å². The van der Waals surface area contributed by atoms with Crippen LogP contribution < -0.4 is 5.32 Å². The fraction of sp³-hybridized carbons (Fsp3) is 0.333. The van der Waals surface area contributed by atoms with Crippen molar-refractivity contribution in [2.75, 3.05) is 0 Å². The lowest BCUT2D eigenvalue weighted by molar-refractivity contribution is 0.271. The van der Waals surface area contributed by atoms with E-state index < -0.39 is 0 Å². The summed E-state index contributed by atoms with van der Waals surface area (Å²) in [5.41, 5.74) is 2.14. The number of nitrogens with one attached hydrogen (secondary N) is 1. The lowest BCUT2D eigenvalue weighted by Crippen LogP contribution is -2.32. The van der Waals surface area contributed by atoms with E-state index >= 15 is 0 Å². The van der Waals surface area contributed by atoms with E-state index in [0.717, 1.165) is 5.56 Å². The molecule has 0 amide bonds. The SMILES string of the molecule is CC(C)(C)C(NCc1cc(F)cc(Cl)c1)c1ccccc1. The molecule has 0 aliphatic rings. The molecular formula is C18H21ClFN. The second kappa shape index (κ2) is 6.59. The molecule has 0 aliphatic heterocycles. The first-order valence-corrected chi connectivity index (χ1v) is 7.47. The number of benzene rings is 2. The molecule has 1 nitrogen and oxygen atoms in total. The minimum atomic E-state index is -0.300. The zero-order valence-electron chi connectivity index (χ0n) is 12.7. The number of hydrogen-bond acceptors (Lipinski definition) is 1. The normalized spacial score (nSPS) is 13.2. The van der Waals surface area contributed by atoms with E-state index in [1.807, 2.05) is 18.2 Å². The van der Waals surface area contributed by atoms with Gasteiger partial charge in [0.25, 0.3) is 0 Å². The van der Waals surface area contributed by atoms with Crippen LogP contribution in [0.2, 0.25) is 5.02 Å². The molecule has 2 aromatic carbocycles. The van der Waals surface area contributed by atoms with Gasteiger partial charge in [-0.15, -0.1) is 0 Å². The van der Waals surface area contributed by atoms with E-state index in [1.54, 1.807) is 6.07 Å². The first-order valence-electron chi connectivity index (χ1n) is 7.09. The van der Waals surface area contributed by atoms with Gasteiger partial charge < -0.3 is 5.32 Å². The number of halogens is 2. The third kappa shape index (κ3) is 4.55. The second-order valence-electron chi connectivity index (χ2n) is 6.37. The van der Waals surface area contributed by atoms with Crippen molar-refractivity contribution in [1.82, 2.24) is 5.32 Å². The highest BCUT2D eigenvalue weighted by Gasteiger charge is 2.25. The van der Waals surface area contributed by atoms with E-state index in [-0.39, 0.29) is 17.3 Å². The third-order valence-corrected chi connectivity index (χ3v) is 3.65. The van der Waals surface area contributed by atoms with Crippen molar-refractivity contribution in [3.8, 4) is 0 Å². The standard InChI is InChI=1S/C18H21ClFN/c1-18(2,3)17(14-7-5-4-6-8-14)21-12-13-9-15(19)11-16(20)10-13/h4-11,17,21H,12H2,1-3H3. The van der Waals surface area contributed by atoms with Crippen molar-refractivity contribution in [2.24, 2.45) is 5.41 Å². The highest BCUT2D eigenvalue weighted by molar-refractivity contribution is 6.30. The Morgan fingerprint density at radius 2 is 1.76 bits per heavy atom. The van der Waals surface area contributed by atoms with Gasteiger partial charge in [0.1, 0.15) is 5.82 Å². The van der Waals surface area contributed by atoms with E-state index in [2.05, 4.69) is 38.2 Å². The van der Waals surface area contributed by atoms with E-state index in [9.17, 15) is 4.39 Å². The summed E-state index contributed by atoms with van der Waals surface area (Å²) in [5, 5.41) is 3.95. The molecule has 0 saturated carbocycles. The predicted molar refractivity (Wildman–Crippen MR) is 86.9 cm³/mol. The molecule has 1 unspecified atom stereocenters. The Kier molecular flexibility index (Phi) is 5.02. The maximum Gasteiger partial charge on any atom is 0.125 e. The second-order valence-corrected chi connectivity index (χ2v) is 6.80. The van der Waals surface area contributed by atoms with Gasteiger partial charge in [-0.2, -0.15) is 0 Å². The van der Waals surface area contributed by atoms with Gasteiger partial charge in [0.2, 0.25) is 0 Å². The topological polar surface area (TPSA) is 12.0 Å². The highest BCUT2D eigenvalue weighted by atomic mass is 35.5. The summed E-state index contributed by atoms with van der Waals surface area (Å²) in [6, 6.07) is 15.1. The molecule has 21 heavy (non-hydrogen) atoms. The van der Waals surface area contributed by atoms with Gasteiger partial charge in [0.15, 0.2) is 0 Å². The largest absolute Gasteiger partial charge is 0.305 e. The third-order valence-electron chi connectivity index (χ3n) is 3.43. The van der Waals surface area contributed by atoms with Gasteiger partial charge in [-0.3, -0.25) is 0 Å². The van der Waals surface area contributed by atoms with Crippen LogP contribution in [-0.2, 0) is 6.54 Å². The fourth-order valence-corrected chi connectivity index (χ4v) is 2.75. The lowest BCUT2D eigenvalue weighted by atomic mass is 9.82. The summed E-state index contributed by atoms with van der Waals surface area (Å²) in [6.07, 6.45) is 0. The van der Waals surface area contributed by atoms with Crippen LogP contribution in [0.4, 0.5) is 4.39 Å². The van der Waals surface area contributed by atoms with Crippen LogP contribution in [0.15, 0.2) is 48.5 Å². The van der Waals surface area contributed by atoms with Crippen LogP contribution in [0.1, 0.15) is 37.9 Å². The van der Waals surface area contributed by atoms with Crippen molar-refractivity contribution < 1.29 is 4.39 Å². The van der Waals surface area contributed by atoms with Crippen molar-refractivity contribution in [2.45, 2.75) is 33.4 Å². The smallest absolute Gasteiger partial charge is 0.125 e. The van der Waals surface area contributed by atoms with E-state index in [1.165, 1.54) is 17.7 Å². The molecular weight excluding hydrogens is 285 g/mol. The Bertz CT molecular complexity index is 570. The van der Waals surface area contributed by atoms with Crippen LogP contribution >= 0.6 is 11.6 Å². The number of rotatable bonds is 4. The molecule has 1 atom stereocenters. The predicted octanol–water partition coefficient (Wildman–Crippen LogP) is 5.36. The fourth-order valence-electron chi connectivity index (χ4n) is 2.50. The summed E-state index contributed by atoms with van der Waals surface area (Å²) < 4.78 is 13.4. The Morgan fingerprint density at radius 3 is 2.33 bits per heavy atom. The van der Waals surface area contributed by atoms with Crippen LogP contribution in [0, 0.1) is 11.2 Å². The molecule has 2 aromatic rings. The van der Waals surface area contributed by atoms with E-state index in [4.69, 9.17) is 11.6 Å². The van der Waals surface area contributed by atoms with Crippen LogP contribution in [-0.4, -0.2) is 0 Å². The first kappa shape index (κ1) is 16.0. The van der Waals surface area contributed by atoms with Crippen molar-refractivity contribution in [3.05, 3.63) is 70.5 Å². The molecule has 0 bridgehead atoms. The maximum absolute atomic E-state index is 13.4. The Hall–Kier alpha value is -1.38. The Labute approximate surface area is 131 Å². The molecule has 0 fully saturated rings. The molecule has 3 heteroatoms. The zero-order valence-corrected chi connectivity index (χ0v) is 13.4. The van der Waals surface area contributed by atoms with E-state index in [0.29, 0.717) is 11.6 Å². The monoisotopic (exact) mass is 305 g/mol. The van der Waals surface area contributed by atoms with Crippen LogP contribution in [0.25, 0.3) is 0 Å². The summed E-state index contributed by atoms with van der Waals surface area (Å²) in [6.45, 7) is 7.15. The molecule has 0 aromatic heterocycles. The van der Waals surface area contributed by atoms with Crippen LogP contribution in [0.5, 0.6) is 0 Å². The minimum Gasteiger partial charge on any atom is -0.305 e. The summed E-state index contributed by atoms with van der Waals surface area (Å²) in [4.78, 5) is 0. The lowest BCUT2D eigenvalue weighted by Gasteiger charge is -2.32. The van der Waals surface area contributed by atoms with Gasteiger partial charge in [-0.25, -0.2) is 4.39 Å². The Balaban J connectivity index is 2.17. The van der Waals surface area contributed by atoms with Gasteiger partial charge in [0, 0.05) is 17.6 Å². The summed E-state index contributed by atoms with van der Waals surface area (Å²) >= 11 is 5.90. The molecule has 0 heterocycles. The van der Waals surface area contributed by atoms with Gasteiger partial charge in [0.05, 0.1) is 0 Å². The molecule has 2 rings (SSSR count). The van der Waals surface area contributed by atoms with Gasteiger partial charge in [-0.05, 0) is 34.7 Å². The average molecular weight is 306 g/mol. The van der Waals surface area contributed by atoms with Crippen LogP contribution in [0.3, 0.4) is 0 Å².